The van der Waals surface area contributed by atoms with E-state index in [-0.39, 0.29) is 12.2 Å². The lowest BCUT2D eigenvalue weighted by Gasteiger charge is -2.02. The maximum atomic E-state index is 12.3. The van der Waals surface area contributed by atoms with Crippen LogP contribution in [0.3, 0.4) is 0 Å². The molecular weight excluding hydrogens is 248 g/mol. The molecular formula is C15H13F2NO. The minimum Gasteiger partial charge on any atom is -0.391 e. The molecule has 0 saturated heterocycles. The lowest BCUT2D eigenvalue weighted by atomic mass is 10.1. The van der Waals surface area contributed by atoms with Gasteiger partial charge in [0, 0.05) is 5.56 Å². The van der Waals surface area contributed by atoms with Crippen LogP contribution in [-0.4, -0.2) is 6.21 Å². The fourth-order valence-electron chi connectivity index (χ4n) is 1.51. The Morgan fingerprint density at radius 2 is 1.68 bits per heavy atom. The van der Waals surface area contributed by atoms with Crippen molar-refractivity contribution in [3.8, 4) is 0 Å². The summed E-state index contributed by atoms with van der Waals surface area (Å²) in [5, 5.41) is 3.82. The highest BCUT2D eigenvalue weighted by Gasteiger charge is 2.05. The van der Waals surface area contributed by atoms with Gasteiger partial charge in [-0.15, -0.1) is 0 Å². The van der Waals surface area contributed by atoms with Gasteiger partial charge in [-0.05, 0) is 11.1 Å². The van der Waals surface area contributed by atoms with E-state index < -0.39 is 6.43 Å². The summed E-state index contributed by atoms with van der Waals surface area (Å²) in [6.45, 7) is 0.257. The second kappa shape index (κ2) is 6.64. The first kappa shape index (κ1) is 13.2. The minimum atomic E-state index is -2.44. The molecule has 0 amide bonds. The Balaban J connectivity index is 1.84. The molecule has 2 aromatic carbocycles. The first-order valence-electron chi connectivity index (χ1n) is 5.83. The predicted octanol–water partition coefficient (Wildman–Crippen LogP) is 4.17. The van der Waals surface area contributed by atoms with Gasteiger partial charge < -0.3 is 4.84 Å². The topological polar surface area (TPSA) is 21.6 Å². The highest BCUT2D eigenvalue weighted by molar-refractivity contribution is 5.78. The lowest BCUT2D eigenvalue weighted by molar-refractivity contribution is 0.131. The Morgan fingerprint density at radius 1 is 1.00 bits per heavy atom. The summed E-state index contributed by atoms with van der Waals surface area (Å²) < 4.78 is 24.7. The van der Waals surface area contributed by atoms with E-state index in [4.69, 9.17) is 4.84 Å². The fourth-order valence-corrected chi connectivity index (χ4v) is 1.51. The monoisotopic (exact) mass is 261 g/mol. The zero-order chi connectivity index (χ0) is 13.5. The molecule has 0 aliphatic rings. The van der Waals surface area contributed by atoms with Crippen LogP contribution >= 0.6 is 0 Å². The summed E-state index contributed by atoms with van der Waals surface area (Å²) in [7, 11) is 0. The quantitative estimate of drug-likeness (QED) is 0.584. The van der Waals surface area contributed by atoms with Gasteiger partial charge in [0.1, 0.15) is 6.61 Å². The summed E-state index contributed by atoms with van der Waals surface area (Å²) in [6, 6.07) is 15.6. The molecule has 0 heterocycles. The number of hydrogen-bond acceptors (Lipinski definition) is 2. The third kappa shape index (κ3) is 4.17. The Labute approximate surface area is 110 Å². The first-order valence-corrected chi connectivity index (χ1v) is 5.83. The van der Waals surface area contributed by atoms with Crippen LogP contribution in [0.4, 0.5) is 8.78 Å². The van der Waals surface area contributed by atoms with Gasteiger partial charge in [0.05, 0.1) is 6.21 Å². The van der Waals surface area contributed by atoms with Crippen molar-refractivity contribution >= 4 is 6.21 Å². The number of oxime groups is 1. The van der Waals surface area contributed by atoms with Gasteiger partial charge in [0.15, 0.2) is 0 Å². The second-order valence-electron chi connectivity index (χ2n) is 3.96. The molecule has 0 spiro atoms. The fraction of sp³-hybridized carbons (Fsp3) is 0.133. The van der Waals surface area contributed by atoms with Gasteiger partial charge in [-0.2, -0.15) is 0 Å². The molecule has 2 aromatic rings. The van der Waals surface area contributed by atoms with Gasteiger partial charge in [-0.1, -0.05) is 59.8 Å². The van der Waals surface area contributed by atoms with E-state index in [1.807, 2.05) is 30.3 Å². The molecule has 0 N–H and O–H groups in total. The van der Waals surface area contributed by atoms with Crippen LogP contribution in [0.1, 0.15) is 23.1 Å². The predicted molar refractivity (Wildman–Crippen MR) is 70.2 cm³/mol. The third-order valence-electron chi connectivity index (χ3n) is 2.54. The van der Waals surface area contributed by atoms with E-state index in [0.29, 0.717) is 0 Å². The molecule has 19 heavy (non-hydrogen) atoms. The van der Waals surface area contributed by atoms with Crippen LogP contribution in [-0.2, 0) is 11.4 Å². The third-order valence-corrected chi connectivity index (χ3v) is 2.54. The maximum Gasteiger partial charge on any atom is 0.263 e. The van der Waals surface area contributed by atoms with Crippen molar-refractivity contribution in [1.29, 1.82) is 0 Å². The molecule has 0 fully saturated rings. The van der Waals surface area contributed by atoms with Crippen LogP contribution in [0.25, 0.3) is 0 Å². The summed E-state index contributed by atoms with van der Waals surface area (Å²) in [4.78, 5) is 5.11. The number of halogens is 2. The van der Waals surface area contributed by atoms with Crippen molar-refractivity contribution in [2.75, 3.05) is 0 Å². The number of hydrogen-bond donors (Lipinski definition) is 0. The molecule has 0 aliphatic heterocycles. The average Bonchev–Trinajstić information content (AvgIpc) is 2.45. The van der Waals surface area contributed by atoms with Gasteiger partial charge in [-0.25, -0.2) is 8.78 Å². The van der Waals surface area contributed by atoms with Gasteiger partial charge in [0.2, 0.25) is 0 Å². The van der Waals surface area contributed by atoms with Crippen molar-refractivity contribution in [2.24, 2.45) is 5.16 Å². The van der Waals surface area contributed by atoms with Crippen molar-refractivity contribution in [3.05, 3.63) is 71.3 Å². The molecule has 0 bridgehead atoms. The van der Waals surface area contributed by atoms with E-state index in [9.17, 15) is 8.78 Å². The van der Waals surface area contributed by atoms with Crippen LogP contribution in [0.5, 0.6) is 0 Å². The van der Waals surface area contributed by atoms with E-state index in [2.05, 4.69) is 5.16 Å². The Kier molecular flexibility index (Phi) is 4.61. The zero-order valence-corrected chi connectivity index (χ0v) is 10.2. The van der Waals surface area contributed by atoms with E-state index in [0.717, 1.165) is 11.1 Å². The number of nitrogens with zero attached hydrogens (tertiary/aromatic N) is 1. The molecule has 0 aromatic heterocycles. The molecule has 4 heteroatoms. The van der Waals surface area contributed by atoms with Crippen molar-refractivity contribution in [3.63, 3.8) is 0 Å². The molecule has 0 unspecified atom stereocenters. The SMILES string of the molecule is FC(F)c1ccc(CON=Cc2ccccc2)cc1. The molecule has 0 radical (unpaired) electrons. The van der Waals surface area contributed by atoms with Gasteiger partial charge in [-0.3, -0.25) is 0 Å². The average molecular weight is 261 g/mol. The van der Waals surface area contributed by atoms with Gasteiger partial charge >= 0.3 is 0 Å². The summed E-state index contributed by atoms with van der Waals surface area (Å²) >= 11 is 0. The first-order chi connectivity index (χ1) is 9.25. The van der Waals surface area contributed by atoms with E-state index in [1.54, 1.807) is 18.3 Å². The van der Waals surface area contributed by atoms with Crippen molar-refractivity contribution < 1.29 is 13.6 Å². The van der Waals surface area contributed by atoms with E-state index >= 15 is 0 Å². The minimum absolute atomic E-state index is 0.0107. The number of alkyl halides is 2. The highest BCUT2D eigenvalue weighted by atomic mass is 19.3. The molecule has 0 atom stereocenters. The van der Waals surface area contributed by atoms with Crippen LogP contribution in [0.15, 0.2) is 59.8 Å². The molecule has 0 aliphatic carbocycles. The molecule has 2 rings (SSSR count). The summed E-state index contributed by atoms with van der Waals surface area (Å²) in [5.74, 6) is 0. The lowest BCUT2D eigenvalue weighted by Crippen LogP contribution is -1.90. The normalized spacial score (nSPS) is 11.1. The van der Waals surface area contributed by atoms with Crippen LogP contribution in [0, 0.1) is 0 Å². The van der Waals surface area contributed by atoms with Crippen molar-refractivity contribution in [1.82, 2.24) is 0 Å². The molecule has 2 nitrogen and oxygen atoms in total. The second-order valence-corrected chi connectivity index (χ2v) is 3.96. The summed E-state index contributed by atoms with van der Waals surface area (Å²) in [5.41, 5.74) is 1.75. The highest BCUT2D eigenvalue weighted by Crippen LogP contribution is 2.18. The standard InChI is InChI=1S/C15H13F2NO/c16-15(17)14-8-6-13(7-9-14)11-19-18-10-12-4-2-1-3-5-12/h1-10,15H,11H2. The maximum absolute atomic E-state index is 12.3. The van der Waals surface area contributed by atoms with Crippen LogP contribution < -0.4 is 0 Å². The number of benzene rings is 2. The van der Waals surface area contributed by atoms with Gasteiger partial charge in [0.25, 0.3) is 6.43 Å². The van der Waals surface area contributed by atoms with Crippen LogP contribution in [0.2, 0.25) is 0 Å². The van der Waals surface area contributed by atoms with E-state index in [1.165, 1.54) is 12.1 Å². The number of rotatable bonds is 5. The zero-order valence-electron chi connectivity index (χ0n) is 10.2. The van der Waals surface area contributed by atoms with Crippen molar-refractivity contribution in [2.45, 2.75) is 13.0 Å². The Morgan fingerprint density at radius 3 is 2.32 bits per heavy atom. The Bertz CT molecular complexity index is 524. The Hall–Kier alpha value is -2.23. The molecule has 98 valence electrons. The smallest absolute Gasteiger partial charge is 0.263 e. The summed E-state index contributed by atoms with van der Waals surface area (Å²) in [6.07, 6.45) is -0.834. The molecule has 0 saturated carbocycles. The largest absolute Gasteiger partial charge is 0.391 e.